The minimum absolute atomic E-state index is 0.248. The monoisotopic (exact) mass is 534 g/mol. The molecule has 0 saturated heterocycles. The Kier molecular flexibility index (Phi) is 9.25. The Bertz CT molecular complexity index is 1330. The first-order valence-corrected chi connectivity index (χ1v) is 13.4. The van der Waals surface area contributed by atoms with Gasteiger partial charge in [-0.3, -0.25) is 4.72 Å². The van der Waals surface area contributed by atoms with E-state index < -0.39 is 21.8 Å². The van der Waals surface area contributed by atoms with Crippen molar-refractivity contribution in [3.63, 3.8) is 0 Å². The van der Waals surface area contributed by atoms with Gasteiger partial charge in [-0.1, -0.05) is 43.7 Å². The van der Waals surface area contributed by atoms with Crippen LogP contribution in [0.1, 0.15) is 43.7 Å². The summed E-state index contributed by atoms with van der Waals surface area (Å²) in [4.78, 5) is 21.0. The van der Waals surface area contributed by atoms with Crippen LogP contribution in [0.4, 0.5) is 24.8 Å². The highest BCUT2D eigenvalue weighted by atomic mass is 32.2. The van der Waals surface area contributed by atoms with Crippen LogP contribution in [0.2, 0.25) is 0 Å². The number of unbranched alkanes of at least 4 members (excludes halogenated alkanes) is 2. The number of anilines is 2. The van der Waals surface area contributed by atoms with Crippen molar-refractivity contribution in [3.05, 3.63) is 65.7 Å². The second kappa shape index (κ2) is 12.2. The molecule has 2 heterocycles. The zero-order chi connectivity index (χ0) is 27.1. The lowest BCUT2D eigenvalue weighted by Gasteiger charge is -2.23. The van der Waals surface area contributed by atoms with Crippen LogP contribution in [0, 0.1) is 6.92 Å². The third kappa shape index (κ3) is 7.28. The first kappa shape index (κ1) is 28.1. The summed E-state index contributed by atoms with van der Waals surface area (Å²) in [5.41, 5.74) is -0.519. The average molecular weight is 535 g/mol. The number of nitrogens with one attached hydrogen (secondary N) is 1. The zero-order valence-corrected chi connectivity index (χ0v) is 21.4. The summed E-state index contributed by atoms with van der Waals surface area (Å²) >= 11 is 0. The number of carbonyl (C=O) groups is 1. The number of sulfonamides is 1. The van der Waals surface area contributed by atoms with Gasteiger partial charge in [-0.2, -0.15) is 21.6 Å². The molecule has 1 aromatic carbocycles. The van der Waals surface area contributed by atoms with E-state index in [2.05, 4.69) is 14.7 Å². The van der Waals surface area contributed by atoms with Crippen molar-refractivity contribution in [3.8, 4) is 11.3 Å². The Morgan fingerprint density at radius 2 is 1.70 bits per heavy atom. The van der Waals surface area contributed by atoms with Crippen molar-refractivity contribution in [1.29, 1.82) is 0 Å². The van der Waals surface area contributed by atoms with Crippen LogP contribution in [-0.2, 0) is 21.0 Å². The van der Waals surface area contributed by atoms with E-state index >= 15 is 0 Å². The summed E-state index contributed by atoms with van der Waals surface area (Å²) in [5.74, 6) is 0.176. The Morgan fingerprint density at radius 3 is 2.38 bits per heavy atom. The van der Waals surface area contributed by atoms with Gasteiger partial charge in [0.15, 0.2) is 5.03 Å². The van der Waals surface area contributed by atoms with E-state index in [1.807, 2.05) is 11.8 Å². The Labute approximate surface area is 214 Å². The molecule has 0 spiro atoms. The minimum Gasteiger partial charge on any atom is -0.357 e. The van der Waals surface area contributed by atoms with Crippen LogP contribution in [0.25, 0.3) is 11.3 Å². The highest BCUT2D eigenvalue weighted by Crippen LogP contribution is 2.38. The lowest BCUT2D eigenvalue weighted by molar-refractivity contribution is -0.137. The van der Waals surface area contributed by atoms with Crippen molar-refractivity contribution in [1.82, 2.24) is 9.97 Å². The molecule has 37 heavy (non-hydrogen) atoms. The summed E-state index contributed by atoms with van der Waals surface area (Å²) in [6.07, 6.45) is -1.09. The molecule has 0 aliphatic heterocycles. The molecule has 3 rings (SSSR count). The maximum Gasteiger partial charge on any atom is 0.418 e. The number of halogens is 3. The number of aromatic nitrogens is 2. The molecule has 198 valence electrons. The summed E-state index contributed by atoms with van der Waals surface area (Å²) in [5, 5.41) is -0.291. The van der Waals surface area contributed by atoms with E-state index in [-0.39, 0.29) is 22.1 Å². The van der Waals surface area contributed by atoms with Crippen molar-refractivity contribution in [2.75, 3.05) is 22.7 Å². The van der Waals surface area contributed by atoms with E-state index in [0.29, 0.717) is 37.3 Å². The standard InChI is InChI=1S/C26H29F3N4O3S/c1-3-4-16-33(17-7-8-18-34)23-12-9-13-24(31-23)37(35,36)32-22-15-14-21(26(27,28)29)25(30-22)20-11-6-5-10-19(20)2/h5-6,9-15,18H,3-4,7-8,16-17H2,1-2H3,(H,30,32). The first-order chi connectivity index (χ1) is 17.6. The first-order valence-electron chi connectivity index (χ1n) is 11.9. The number of alkyl halides is 3. The maximum atomic E-state index is 13.7. The summed E-state index contributed by atoms with van der Waals surface area (Å²) in [6.45, 7) is 4.86. The molecule has 0 atom stereocenters. The van der Waals surface area contributed by atoms with E-state index in [4.69, 9.17) is 0 Å². The normalized spacial score (nSPS) is 11.8. The molecule has 0 radical (unpaired) electrons. The van der Waals surface area contributed by atoms with Gasteiger partial charge in [-0.25, -0.2) is 9.97 Å². The molecule has 0 aliphatic carbocycles. The fraction of sp³-hybridized carbons (Fsp3) is 0.346. The van der Waals surface area contributed by atoms with Crippen LogP contribution >= 0.6 is 0 Å². The smallest absolute Gasteiger partial charge is 0.357 e. The molecule has 0 unspecified atom stereocenters. The van der Waals surface area contributed by atoms with Gasteiger partial charge < -0.3 is 9.69 Å². The molecule has 0 bridgehead atoms. The van der Waals surface area contributed by atoms with E-state index in [9.17, 15) is 26.4 Å². The molecule has 0 saturated carbocycles. The fourth-order valence-electron chi connectivity index (χ4n) is 3.76. The quantitative estimate of drug-likeness (QED) is 0.231. The Hall–Kier alpha value is -3.47. The van der Waals surface area contributed by atoms with Crippen molar-refractivity contribution >= 4 is 27.9 Å². The predicted octanol–water partition coefficient (Wildman–Crippen LogP) is 5.86. The molecule has 2 aromatic heterocycles. The number of hydrogen-bond acceptors (Lipinski definition) is 6. The van der Waals surface area contributed by atoms with Crippen LogP contribution in [0.3, 0.4) is 0 Å². The number of nitrogens with zero attached hydrogens (tertiary/aromatic N) is 3. The van der Waals surface area contributed by atoms with Crippen LogP contribution in [-0.4, -0.2) is 37.8 Å². The molecule has 11 heteroatoms. The molecule has 0 fully saturated rings. The van der Waals surface area contributed by atoms with Crippen molar-refractivity contribution in [2.45, 2.75) is 50.7 Å². The number of aldehydes is 1. The lowest BCUT2D eigenvalue weighted by atomic mass is 10.0. The number of carbonyl (C=O) groups excluding carboxylic acids is 1. The molecule has 0 aliphatic rings. The van der Waals surface area contributed by atoms with Gasteiger partial charge in [0.05, 0.1) is 11.3 Å². The topological polar surface area (TPSA) is 92.3 Å². The van der Waals surface area contributed by atoms with Gasteiger partial charge in [0.1, 0.15) is 17.9 Å². The van der Waals surface area contributed by atoms with Gasteiger partial charge in [0, 0.05) is 25.1 Å². The number of rotatable bonds is 12. The highest BCUT2D eigenvalue weighted by molar-refractivity contribution is 7.92. The molecule has 7 nitrogen and oxygen atoms in total. The van der Waals surface area contributed by atoms with Crippen LogP contribution < -0.4 is 9.62 Å². The third-order valence-corrected chi connectivity index (χ3v) is 6.94. The Morgan fingerprint density at radius 1 is 0.973 bits per heavy atom. The third-order valence-electron chi connectivity index (χ3n) is 5.68. The lowest BCUT2D eigenvalue weighted by Crippen LogP contribution is -2.27. The van der Waals surface area contributed by atoms with Crippen LogP contribution in [0.15, 0.2) is 59.6 Å². The number of aryl methyl sites for hydroxylation is 1. The summed E-state index contributed by atoms with van der Waals surface area (Å²) in [6, 6.07) is 12.8. The molecular weight excluding hydrogens is 505 g/mol. The number of benzene rings is 1. The molecule has 3 aromatic rings. The van der Waals surface area contributed by atoms with Gasteiger partial charge in [-0.05, 0) is 49.6 Å². The molecular formula is C26H29F3N4O3S. The second-order valence-corrected chi connectivity index (χ2v) is 10.1. The number of pyridine rings is 2. The molecule has 0 amide bonds. The van der Waals surface area contributed by atoms with Crippen molar-refractivity contribution < 1.29 is 26.4 Å². The predicted molar refractivity (Wildman–Crippen MR) is 137 cm³/mol. The van der Waals surface area contributed by atoms with Gasteiger partial charge in [0.25, 0.3) is 10.0 Å². The second-order valence-electron chi connectivity index (χ2n) is 8.49. The van der Waals surface area contributed by atoms with Crippen molar-refractivity contribution in [2.24, 2.45) is 0 Å². The van der Waals surface area contributed by atoms with E-state index in [1.165, 1.54) is 12.1 Å². The van der Waals surface area contributed by atoms with Crippen LogP contribution in [0.5, 0.6) is 0 Å². The van der Waals surface area contributed by atoms with E-state index in [0.717, 1.165) is 31.3 Å². The fourth-order valence-corrected chi connectivity index (χ4v) is 4.73. The SMILES string of the molecule is CCCCN(CCCC=O)c1cccc(S(=O)(=O)Nc2ccc(C(F)(F)F)c(-c3ccccc3C)n2)n1. The molecule has 1 N–H and O–H groups in total. The van der Waals surface area contributed by atoms with E-state index in [1.54, 1.807) is 37.3 Å². The number of hydrogen-bond donors (Lipinski definition) is 1. The van der Waals surface area contributed by atoms with Gasteiger partial charge in [0.2, 0.25) is 0 Å². The summed E-state index contributed by atoms with van der Waals surface area (Å²) in [7, 11) is -4.26. The Balaban J connectivity index is 1.95. The summed E-state index contributed by atoms with van der Waals surface area (Å²) < 4.78 is 69.7. The minimum atomic E-state index is -4.68. The van der Waals surface area contributed by atoms with Gasteiger partial charge >= 0.3 is 6.18 Å². The van der Waals surface area contributed by atoms with Gasteiger partial charge in [-0.15, -0.1) is 0 Å². The maximum absolute atomic E-state index is 13.7. The largest absolute Gasteiger partial charge is 0.418 e. The zero-order valence-electron chi connectivity index (χ0n) is 20.6. The highest BCUT2D eigenvalue weighted by Gasteiger charge is 2.35. The average Bonchev–Trinajstić information content (AvgIpc) is 2.85.